The van der Waals surface area contributed by atoms with Crippen LogP contribution in [0.15, 0.2) is 42.5 Å². The number of carbonyl (C=O) groups excluding carboxylic acids is 3. The van der Waals surface area contributed by atoms with Crippen molar-refractivity contribution in [2.45, 2.75) is 6.42 Å². The van der Waals surface area contributed by atoms with Crippen LogP contribution >= 0.6 is 0 Å². The highest BCUT2D eigenvalue weighted by Crippen LogP contribution is 2.45. The molecule has 1 aliphatic carbocycles. The van der Waals surface area contributed by atoms with Crippen molar-refractivity contribution in [2.24, 2.45) is 0 Å². The van der Waals surface area contributed by atoms with Gasteiger partial charge in [0.15, 0.2) is 0 Å². The number of esters is 1. The van der Waals surface area contributed by atoms with E-state index in [1.54, 1.807) is 24.3 Å². The van der Waals surface area contributed by atoms with Crippen LogP contribution in [0.2, 0.25) is 0 Å². The largest absolute Gasteiger partial charge is 0.507 e. The fourth-order valence-electron chi connectivity index (χ4n) is 4.02. The highest BCUT2D eigenvalue weighted by molar-refractivity contribution is 6.33. The van der Waals surface area contributed by atoms with E-state index in [1.165, 1.54) is 18.2 Å². The van der Waals surface area contributed by atoms with Crippen molar-refractivity contribution in [3.63, 3.8) is 0 Å². The Balaban J connectivity index is 1.69. The molecule has 0 saturated carbocycles. The molecule has 0 aliphatic heterocycles. The van der Waals surface area contributed by atoms with Gasteiger partial charge in [0.05, 0.1) is 56.4 Å². The van der Waals surface area contributed by atoms with E-state index in [0.717, 1.165) is 0 Å². The van der Waals surface area contributed by atoms with E-state index >= 15 is 0 Å². The first kappa shape index (κ1) is 23.8. The molecular weight excluding hydrogens is 450 g/mol. The molecule has 180 valence electrons. The fraction of sp³-hybridized carbons (Fsp3) is 0.192. The van der Waals surface area contributed by atoms with E-state index in [9.17, 15) is 24.6 Å². The van der Waals surface area contributed by atoms with E-state index in [2.05, 4.69) is 0 Å². The minimum atomic E-state index is -0.711. The van der Waals surface area contributed by atoms with Crippen LogP contribution in [0, 0.1) is 0 Å². The molecule has 0 atom stereocenters. The Labute approximate surface area is 201 Å². The number of anilines is 2. The number of hydrogen-bond acceptors (Lipinski definition) is 8. The first-order valence-electron chi connectivity index (χ1n) is 10.9. The van der Waals surface area contributed by atoms with Crippen LogP contribution in [0.5, 0.6) is 17.2 Å². The summed E-state index contributed by atoms with van der Waals surface area (Å²) in [5.41, 5.74) is 11.9. The predicted molar refractivity (Wildman–Crippen MR) is 130 cm³/mol. The number of carbonyl (C=O) groups is 3. The molecule has 1 aliphatic rings. The predicted octanol–water partition coefficient (Wildman–Crippen LogP) is 2.71. The van der Waals surface area contributed by atoms with Gasteiger partial charge in [0.2, 0.25) is 11.6 Å². The molecule has 3 aromatic carbocycles. The minimum absolute atomic E-state index is 0.00149. The number of quaternary nitrogens is 1. The molecule has 9 nitrogen and oxygen atoms in total. The van der Waals surface area contributed by atoms with Crippen LogP contribution in [0.25, 0.3) is 11.1 Å². The zero-order valence-corrected chi connectivity index (χ0v) is 19.6. The molecule has 0 spiro atoms. The van der Waals surface area contributed by atoms with Crippen molar-refractivity contribution < 1.29 is 33.8 Å². The Morgan fingerprint density at radius 1 is 0.857 bits per heavy atom. The number of aromatic hydroxyl groups is 2. The Bertz CT molecular complexity index is 1390. The number of nitrogens with zero attached hydrogens (tertiary/aromatic N) is 1. The number of nitrogens with two attached hydrogens (primary N) is 2. The zero-order chi connectivity index (χ0) is 25.7. The Morgan fingerprint density at radius 3 is 2.09 bits per heavy atom. The van der Waals surface area contributed by atoms with E-state index in [-0.39, 0.29) is 51.6 Å². The second kappa shape index (κ2) is 8.44. The SMILES string of the molecule is C[N+](C)(C)CCC(=O)Oc1ccc(-c2cc(N)c3c(c2O)C(=O)c2c(N)ccc(O)c2C3=O)cc1. The average molecular weight is 477 g/mol. The van der Waals surface area contributed by atoms with Gasteiger partial charge in [0.25, 0.3) is 0 Å². The van der Waals surface area contributed by atoms with E-state index in [4.69, 9.17) is 16.2 Å². The van der Waals surface area contributed by atoms with Crippen LogP contribution in [-0.2, 0) is 4.79 Å². The smallest absolute Gasteiger partial charge is 0.316 e. The van der Waals surface area contributed by atoms with Crippen molar-refractivity contribution >= 4 is 28.9 Å². The lowest BCUT2D eigenvalue weighted by atomic mass is 9.80. The summed E-state index contributed by atoms with van der Waals surface area (Å²) in [5.74, 6) is -2.28. The van der Waals surface area contributed by atoms with E-state index < -0.39 is 23.1 Å². The standard InChI is InChI=1S/C26H25N3O6/c1-29(2,3)11-10-19(31)35-14-6-4-13(5-7-14)15-12-17(28)21-23(24(15)32)26(34)20-16(27)8-9-18(30)22(20)25(21)33/h4-9,12H,10-11H2,1-3H3,(H5-,27,28,30,32,33,34)/p+1. The van der Waals surface area contributed by atoms with Crippen LogP contribution in [0.1, 0.15) is 38.3 Å². The second-order valence-corrected chi connectivity index (χ2v) is 9.46. The lowest BCUT2D eigenvalue weighted by Gasteiger charge is -2.23. The molecular formula is C26H26N3O6+. The van der Waals surface area contributed by atoms with Gasteiger partial charge in [0.1, 0.15) is 17.2 Å². The monoisotopic (exact) mass is 476 g/mol. The third kappa shape index (κ3) is 4.29. The summed E-state index contributed by atoms with van der Waals surface area (Å²) < 4.78 is 6.00. The number of phenols is 2. The van der Waals surface area contributed by atoms with Crippen molar-refractivity contribution in [2.75, 3.05) is 39.2 Å². The fourth-order valence-corrected chi connectivity index (χ4v) is 4.02. The molecule has 0 radical (unpaired) electrons. The first-order chi connectivity index (χ1) is 16.4. The summed E-state index contributed by atoms with van der Waals surface area (Å²) in [5, 5.41) is 21.2. The first-order valence-corrected chi connectivity index (χ1v) is 10.9. The molecule has 0 aromatic heterocycles. The van der Waals surface area contributed by atoms with E-state index in [1.807, 2.05) is 21.1 Å². The second-order valence-electron chi connectivity index (χ2n) is 9.46. The molecule has 0 unspecified atom stereocenters. The third-order valence-electron chi connectivity index (χ3n) is 5.84. The Hall–Kier alpha value is -4.37. The highest BCUT2D eigenvalue weighted by atomic mass is 16.5. The number of nitrogen functional groups attached to an aromatic ring is 2. The third-order valence-corrected chi connectivity index (χ3v) is 5.84. The maximum atomic E-state index is 13.3. The summed E-state index contributed by atoms with van der Waals surface area (Å²) in [7, 11) is 5.94. The molecule has 6 N–H and O–H groups in total. The molecule has 0 amide bonds. The van der Waals surface area contributed by atoms with Gasteiger partial charge >= 0.3 is 5.97 Å². The zero-order valence-electron chi connectivity index (χ0n) is 19.6. The lowest BCUT2D eigenvalue weighted by Crippen LogP contribution is -2.36. The molecule has 35 heavy (non-hydrogen) atoms. The van der Waals surface area contributed by atoms with Crippen LogP contribution in [0.3, 0.4) is 0 Å². The van der Waals surface area contributed by atoms with Gasteiger partial charge in [-0.05, 0) is 35.9 Å². The Kier molecular flexibility index (Phi) is 5.74. The maximum Gasteiger partial charge on any atom is 0.316 e. The molecule has 3 aromatic rings. The van der Waals surface area contributed by atoms with Gasteiger partial charge in [-0.2, -0.15) is 0 Å². The van der Waals surface area contributed by atoms with Gasteiger partial charge in [-0.1, -0.05) is 12.1 Å². The summed E-state index contributed by atoms with van der Waals surface area (Å²) in [6.45, 7) is 0.622. The van der Waals surface area contributed by atoms with Crippen molar-refractivity contribution in [3.05, 3.63) is 64.7 Å². The summed E-state index contributed by atoms with van der Waals surface area (Å²) >= 11 is 0. The molecule has 0 fully saturated rings. The van der Waals surface area contributed by atoms with Gasteiger partial charge in [-0.15, -0.1) is 0 Å². The van der Waals surface area contributed by atoms with Gasteiger partial charge < -0.3 is 30.9 Å². The van der Waals surface area contributed by atoms with Crippen LogP contribution in [0.4, 0.5) is 11.4 Å². The van der Waals surface area contributed by atoms with Crippen molar-refractivity contribution in [1.82, 2.24) is 0 Å². The normalized spacial score (nSPS) is 12.8. The van der Waals surface area contributed by atoms with Crippen molar-refractivity contribution in [1.29, 1.82) is 0 Å². The van der Waals surface area contributed by atoms with Gasteiger partial charge in [0, 0.05) is 16.9 Å². The molecule has 0 heterocycles. The average Bonchev–Trinajstić information content (AvgIpc) is 2.79. The summed E-state index contributed by atoms with van der Waals surface area (Å²) in [4.78, 5) is 38.5. The Morgan fingerprint density at radius 2 is 1.46 bits per heavy atom. The maximum absolute atomic E-state index is 13.3. The number of ether oxygens (including phenoxy) is 1. The topological polar surface area (TPSA) is 153 Å². The summed E-state index contributed by atoms with van der Waals surface area (Å²) in [6, 6.07) is 10.3. The summed E-state index contributed by atoms with van der Waals surface area (Å²) in [6.07, 6.45) is 0.254. The molecule has 4 rings (SSSR count). The lowest BCUT2D eigenvalue weighted by molar-refractivity contribution is -0.869. The number of hydrogen-bond donors (Lipinski definition) is 4. The minimum Gasteiger partial charge on any atom is -0.507 e. The number of fused-ring (bicyclic) bond motifs is 2. The molecule has 9 heteroatoms. The van der Waals surface area contributed by atoms with Crippen LogP contribution in [-0.4, -0.2) is 59.9 Å². The van der Waals surface area contributed by atoms with Crippen LogP contribution < -0.4 is 16.2 Å². The number of phenolic OH excluding ortho intramolecular Hbond substituents is 2. The number of rotatable bonds is 5. The number of ketones is 2. The van der Waals surface area contributed by atoms with Gasteiger partial charge in [-0.3, -0.25) is 14.4 Å². The van der Waals surface area contributed by atoms with E-state index in [0.29, 0.717) is 22.3 Å². The van der Waals surface area contributed by atoms with Crippen molar-refractivity contribution in [3.8, 4) is 28.4 Å². The quantitative estimate of drug-likeness (QED) is 0.113. The number of benzene rings is 3. The molecule has 0 saturated heterocycles. The molecule has 0 bridgehead atoms. The van der Waals surface area contributed by atoms with Gasteiger partial charge in [-0.25, -0.2) is 0 Å². The highest BCUT2D eigenvalue weighted by Gasteiger charge is 2.38.